The molecule has 5 unspecified atom stereocenters. The van der Waals surface area contributed by atoms with Crippen LogP contribution in [0.15, 0.2) is 0 Å². The summed E-state index contributed by atoms with van der Waals surface area (Å²) in [7, 11) is 0. The van der Waals surface area contributed by atoms with E-state index in [1.165, 1.54) is 27.7 Å². The molecule has 0 radical (unpaired) electrons. The monoisotopic (exact) mass is 650 g/mol. The summed E-state index contributed by atoms with van der Waals surface area (Å²) in [6.45, 7) is 8.64. The zero-order valence-electron chi connectivity index (χ0n) is 27.8. The lowest BCUT2D eigenvalue weighted by molar-refractivity contribution is -0.128. The van der Waals surface area contributed by atoms with Gasteiger partial charge in [0, 0.05) is 87.9 Å². The van der Waals surface area contributed by atoms with Crippen molar-refractivity contribution in [2.45, 2.75) is 130 Å². The zero-order valence-corrected chi connectivity index (χ0v) is 27.8. The van der Waals surface area contributed by atoms with Crippen molar-refractivity contribution >= 4 is 59.3 Å². The molecule has 6 atom stereocenters. The maximum Gasteiger partial charge on any atom is 0.222 e. The molecule has 0 aromatic carbocycles. The van der Waals surface area contributed by atoms with E-state index in [4.69, 9.17) is 0 Å². The number of hydrogen-bond acceptors (Lipinski definition) is 10. The molecule has 0 rings (SSSR count). The molecule has 0 saturated carbocycles. The number of carbonyl (C=O) groups is 10. The SMILES string of the molecule is CC(=O)CC(C)CC(=O)NC(CC(=O)NC(CCC(=O)NC(CC=O)CC(C)=O)CC(C)=O)CC(=O)NC(CC(C)=O)[C@@H](C)C=O. The fourth-order valence-corrected chi connectivity index (χ4v) is 4.95. The first-order valence-corrected chi connectivity index (χ1v) is 15.5. The van der Waals surface area contributed by atoms with Crippen molar-refractivity contribution in [3.05, 3.63) is 0 Å². The van der Waals surface area contributed by atoms with E-state index in [9.17, 15) is 47.9 Å². The highest BCUT2D eigenvalue weighted by molar-refractivity contribution is 5.85. The van der Waals surface area contributed by atoms with Crippen LogP contribution >= 0.6 is 0 Å². The number of aldehydes is 2. The second-order valence-corrected chi connectivity index (χ2v) is 12.2. The van der Waals surface area contributed by atoms with Gasteiger partial charge in [-0.05, 0) is 40.0 Å². The number of rotatable bonds is 25. The molecule has 0 aliphatic heterocycles. The highest BCUT2D eigenvalue weighted by atomic mass is 16.2. The second-order valence-electron chi connectivity index (χ2n) is 12.2. The van der Waals surface area contributed by atoms with Crippen molar-refractivity contribution in [1.82, 2.24) is 21.3 Å². The van der Waals surface area contributed by atoms with Crippen LogP contribution in [0.2, 0.25) is 0 Å². The Balaban J connectivity index is 5.67. The molecule has 0 fully saturated rings. The molecule has 14 nitrogen and oxygen atoms in total. The summed E-state index contributed by atoms with van der Waals surface area (Å²) < 4.78 is 0. The highest BCUT2D eigenvalue weighted by Crippen LogP contribution is 2.12. The fraction of sp³-hybridized carbons (Fsp3) is 0.688. The summed E-state index contributed by atoms with van der Waals surface area (Å²) in [6, 6.07) is -3.22. The molecule has 258 valence electrons. The number of nitrogens with one attached hydrogen (secondary N) is 4. The molecule has 0 aliphatic rings. The van der Waals surface area contributed by atoms with E-state index in [-0.39, 0.29) is 93.3 Å². The Morgan fingerprint density at radius 2 is 0.978 bits per heavy atom. The molecule has 0 heterocycles. The minimum absolute atomic E-state index is 0.0180. The number of carbonyl (C=O) groups excluding carboxylic acids is 10. The lowest BCUT2D eigenvalue weighted by Crippen LogP contribution is -2.47. The van der Waals surface area contributed by atoms with Crippen LogP contribution < -0.4 is 21.3 Å². The summed E-state index contributed by atoms with van der Waals surface area (Å²) in [5.74, 6) is -3.95. The zero-order chi connectivity index (χ0) is 35.4. The molecule has 14 heteroatoms. The minimum Gasteiger partial charge on any atom is -0.353 e. The van der Waals surface area contributed by atoms with Gasteiger partial charge in [0.2, 0.25) is 23.6 Å². The molecule has 0 saturated heterocycles. The molecule has 0 aliphatic carbocycles. The first-order valence-electron chi connectivity index (χ1n) is 15.5. The number of hydrogen-bond donors (Lipinski definition) is 4. The Morgan fingerprint density at radius 1 is 0.522 bits per heavy atom. The van der Waals surface area contributed by atoms with Gasteiger partial charge in [-0.2, -0.15) is 0 Å². The van der Waals surface area contributed by atoms with Gasteiger partial charge in [0.15, 0.2) is 0 Å². The third-order valence-corrected chi connectivity index (χ3v) is 7.00. The van der Waals surface area contributed by atoms with E-state index in [0.717, 1.165) is 0 Å². The van der Waals surface area contributed by atoms with E-state index in [1.54, 1.807) is 13.8 Å². The van der Waals surface area contributed by atoms with E-state index in [0.29, 0.717) is 12.6 Å². The van der Waals surface area contributed by atoms with Crippen LogP contribution in [0.5, 0.6) is 0 Å². The number of ketones is 4. The molecule has 4 N–H and O–H groups in total. The van der Waals surface area contributed by atoms with Crippen LogP contribution in [0.3, 0.4) is 0 Å². The van der Waals surface area contributed by atoms with Gasteiger partial charge in [0.05, 0.1) is 0 Å². The Labute approximate surface area is 270 Å². The predicted octanol–water partition coefficient (Wildman–Crippen LogP) is 0.853. The Hall–Kier alpha value is -4.10. The topological polar surface area (TPSA) is 219 Å². The van der Waals surface area contributed by atoms with Crippen LogP contribution in [-0.4, -0.2) is 83.5 Å². The Bertz CT molecular complexity index is 1120. The smallest absolute Gasteiger partial charge is 0.222 e. The molecule has 0 aromatic rings. The standard InChI is InChI=1S/C32H50N4O10/c1-19(11-21(3)39)12-30(44)35-27(17-32(46)36-28(15-24(6)42)20(2)18-38)16-31(45)34-25(13-22(4)40)7-8-29(43)33-26(9-10-37)14-23(5)41/h10,18-20,25-28H,7-9,11-17H2,1-6H3,(H,33,43)(H,34,45)(H,35,44)(H,36,46)/t19?,20-,25?,26?,27?,28?/m0/s1. The van der Waals surface area contributed by atoms with Gasteiger partial charge in [-0.15, -0.1) is 0 Å². The van der Waals surface area contributed by atoms with E-state index in [2.05, 4.69) is 21.3 Å². The molecule has 0 bridgehead atoms. The van der Waals surface area contributed by atoms with Gasteiger partial charge >= 0.3 is 0 Å². The van der Waals surface area contributed by atoms with Gasteiger partial charge in [0.1, 0.15) is 35.7 Å². The average molecular weight is 651 g/mol. The van der Waals surface area contributed by atoms with E-state index >= 15 is 0 Å². The fourth-order valence-electron chi connectivity index (χ4n) is 4.95. The normalized spacial score (nSPS) is 14.7. The summed E-state index contributed by atoms with van der Waals surface area (Å²) in [6.07, 6.45) is 0.289. The van der Waals surface area contributed by atoms with Gasteiger partial charge < -0.3 is 35.7 Å². The van der Waals surface area contributed by atoms with Crippen LogP contribution in [0.25, 0.3) is 0 Å². The third kappa shape index (κ3) is 20.8. The maximum absolute atomic E-state index is 13.1. The van der Waals surface area contributed by atoms with Gasteiger partial charge in [-0.1, -0.05) is 13.8 Å². The molecular formula is C32H50N4O10. The van der Waals surface area contributed by atoms with Crippen LogP contribution in [-0.2, 0) is 47.9 Å². The van der Waals surface area contributed by atoms with Crippen molar-refractivity contribution in [2.75, 3.05) is 0 Å². The van der Waals surface area contributed by atoms with Crippen LogP contribution in [0, 0.1) is 11.8 Å². The Morgan fingerprint density at radius 3 is 1.48 bits per heavy atom. The van der Waals surface area contributed by atoms with Gasteiger partial charge in [0.25, 0.3) is 0 Å². The molecule has 46 heavy (non-hydrogen) atoms. The van der Waals surface area contributed by atoms with Gasteiger partial charge in [-0.25, -0.2) is 0 Å². The molecular weight excluding hydrogens is 600 g/mol. The largest absolute Gasteiger partial charge is 0.353 e. The number of amides is 4. The summed E-state index contributed by atoms with van der Waals surface area (Å²) >= 11 is 0. The first kappa shape index (κ1) is 41.9. The molecule has 0 aromatic heterocycles. The lowest BCUT2D eigenvalue weighted by atomic mass is 9.97. The predicted molar refractivity (Wildman–Crippen MR) is 167 cm³/mol. The number of Topliss-reactive ketones (excluding diaryl/α,β-unsaturated/α-hetero) is 4. The van der Waals surface area contributed by atoms with Crippen molar-refractivity contribution in [3.8, 4) is 0 Å². The van der Waals surface area contributed by atoms with Crippen LogP contribution in [0.1, 0.15) is 106 Å². The second kappa shape index (κ2) is 22.4. The maximum atomic E-state index is 13.1. The van der Waals surface area contributed by atoms with Crippen molar-refractivity contribution < 1.29 is 47.9 Å². The lowest BCUT2D eigenvalue weighted by Gasteiger charge is -2.24. The molecule has 4 amide bonds. The van der Waals surface area contributed by atoms with Crippen molar-refractivity contribution in [2.24, 2.45) is 11.8 Å². The average Bonchev–Trinajstić information content (AvgIpc) is 2.89. The van der Waals surface area contributed by atoms with Crippen molar-refractivity contribution in [3.63, 3.8) is 0 Å². The minimum atomic E-state index is -1.02. The summed E-state index contributed by atoms with van der Waals surface area (Å²) in [4.78, 5) is 120. The van der Waals surface area contributed by atoms with Gasteiger partial charge in [-0.3, -0.25) is 33.6 Å². The first-order chi connectivity index (χ1) is 21.4. The summed E-state index contributed by atoms with van der Waals surface area (Å²) in [5, 5.41) is 10.6. The van der Waals surface area contributed by atoms with E-state index < -0.39 is 53.7 Å². The van der Waals surface area contributed by atoms with Crippen molar-refractivity contribution in [1.29, 1.82) is 0 Å². The third-order valence-electron chi connectivity index (χ3n) is 7.00. The Kier molecular flexibility index (Phi) is 20.4. The molecule has 0 spiro atoms. The van der Waals surface area contributed by atoms with Crippen LogP contribution in [0.4, 0.5) is 0 Å². The quantitative estimate of drug-likeness (QED) is 0.102. The van der Waals surface area contributed by atoms with E-state index in [1.807, 2.05) is 0 Å². The highest BCUT2D eigenvalue weighted by Gasteiger charge is 2.26. The summed E-state index contributed by atoms with van der Waals surface area (Å²) in [5.41, 5.74) is 0.